The number of carbonyl (C=O) groups is 1. The van der Waals surface area contributed by atoms with Gasteiger partial charge < -0.3 is 4.90 Å². The highest BCUT2D eigenvalue weighted by Gasteiger charge is 2.31. The topological polar surface area (TPSA) is 101 Å². The van der Waals surface area contributed by atoms with Gasteiger partial charge in [0.25, 0.3) is 5.69 Å². The average Bonchev–Trinajstić information content (AvgIpc) is 2.86. The number of nitro groups is 1. The molecule has 0 aromatic heterocycles. The molecule has 4 rings (SSSR count). The number of hydrogen-bond acceptors (Lipinski definition) is 5. The maximum absolute atomic E-state index is 13.5. The Hall–Kier alpha value is -3.27. The molecule has 0 N–H and O–H groups in total. The summed E-state index contributed by atoms with van der Waals surface area (Å²) in [6.45, 7) is 0.579. The fourth-order valence-corrected chi connectivity index (χ4v) is 5.68. The van der Waals surface area contributed by atoms with Crippen LogP contribution >= 0.6 is 11.6 Å². The van der Waals surface area contributed by atoms with E-state index >= 15 is 0 Å². The number of halogens is 1. The standard InChI is InChI=1S/C25H24ClN3O5S/c26-23-11-10-22(16-24(23)29(31)32)35(33,34)28(15-12-19-6-2-1-3-7-19)18-25(30)27-14-13-20-8-4-5-9-21(20)17-27/h1-11,16H,12-15,17-18H2. The zero-order valence-corrected chi connectivity index (χ0v) is 20.4. The molecule has 1 aliphatic rings. The summed E-state index contributed by atoms with van der Waals surface area (Å²) in [5.41, 5.74) is 2.63. The van der Waals surface area contributed by atoms with Crippen molar-refractivity contribution in [1.29, 1.82) is 0 Å². The Labute approximate surface area is 208 Å². The number of sulfonamides is 1. The number of amides is 1. The number of nitrogens with zero attached hydrogens (tertiary/aromatic N) is 3. The summed E-state index contributed by atoms with van der Waals surface area (Å²) in [6.07, 6.45) is 1.08. The van der Waals surface area contributed by atoms with Crippen molar-refractivity contribution in [2.75, 3.05) is 19.6 Å². The molecular weight excluding hydrogens is 490 g/mol. The van der Waals surface area contributed by atoms with Gasteiger partial charge in [0.2, 0.25) is 15.9 Å². The van der Waals surface area contributed by atoms with Crippen LogP contribution in [0.15, 0.2) is 77.7 Å². The third-order valence-electron chi connectivity index (χ3n) is 6.04. The third-order valence-corrected chi connectivity index (χ3v) is 8.20. The summed E-state index contributed by atoms with van der Waals surface area (Å²) >= 11 is 5.88. The number of rotatable bonds is 8. The Morgan fingerprint density at radius 1 is 1.03 bits per heavy atom. The summed E-state index contributed by atoms with van der Waals surface area (Å²) in [7, 11) is -4.22. The molecule has 0 fully saturated rings. The monoisotopic (exact) mass is 513 g/mol. The number of hydrogen-bond donors (Lipinski definition) is 0. The first-order valence-corrected chi connectivity index (χ1v) is 12.9. The number of carbonyl (C=O) groups excluding carboxylic acids is 1. The minimum Gasteiger partial charge on any atom is -0.337 e. The highest BCUT2D eigenvalue weighted by Crippen LogP contribution is 2.29. The van der Waals surface area contributed by atoms with Gasteiger partial charge in [-0.1, -0.05) is 66.2 Å². The van der Waals surface area contributed by atoms with Crippen LogP contribution in [0.1, 0.15) is 16.7 Å². The molecule has 35 heavy (non-hydrogen) atoms. The molecule has 1 aliphatic heterocycles. The summed E-state index contributed by atoms with van der Waals surface area (Å²) in [5, 5.41) is 11.2. The van der Waals surface area contributed by atoms with E-state index in [0.717, 1.165) is 21.5 Å². The Kier molecular flexibility index (Phi) is 7.49. The smallest absolute Gasteiger partial charge is 0.289 e. The van der Waals surface area contributed by atoms with Crippen LogP contribution in [-0.4, -0.2) is 48.1 Å². The van der Waals surface area contributed by atoms with Crippen molar-refractivity contribution in [3.05, 3.63) is 105 Å². The highest BCUT2D eigenvalue weighted by molar-refractivity contribution is 7.89. The van der Waals surface area contributed by atoms with Crippen LogP contribution in [0.3, 0.4) is 0 Å². The normalized spacial score (nSPS) is 13.5. The number of benzene rings is 3. The molecule has 0 aliphatic carbocycles. The minimum atomic E-state index is -4.22. The van der Waals surface area contributed by atoms with Gasteiger partial charge in [-0.3, -0.25) is 14.9 Å². The average molecular weight is 514 g/mol. The molecule has 3 aromatic rings. The van der Waals surface area contributed by atoms with Gasteiger partial charge in [-0.2, -0.15) is 4.31 Å². The van der Waals surface area contributed by atoms with Gasteiger partial charge in [-0.05, 0) is 41.7 Å². The molecule has 3 aromatic carbocycles. The van der Waals surface area contributed by atoms with E-state index in [-0.39, 0.29) is 28.9 Å². The van der Waals surface area contributed by atoms with Gasteiger partial charge >= 0.3 is 0 Å². The molecule has 10 heteroatoms. The number of fused-ring (bicyclic) bond motifs is 1. The second-order valence-electron chi connectivity index (χ2n) is 8.28. The van der Waals surface area contributed by atoms with Crippen molar-refractivity contribution >= 4 is 33.2 Å². The van der Waals surface area contributed by atoms with E-state index < -0.39 is 20.6 Å². The van der Waals surface area contributed by atoms with Crippen LogP contribution in [0.25, 0.3) is 0 Å². The molecule has 0 spiro atoms. The maximum atomic E-state index is 13.5. The second-order valence-corrected chi connectivity index (χ2v) is 10.6. The molecule has 1 amide bonds. The van der Waals surface area contributed by atoms with Gasteiger partial charge in [0.05, 0.1) is 16.4 Å². The molecule has 0 saturated carbocycles. The van der Waals surface area contributed by atoms with E-state index in [4.69, 9.17) is 11.6 Å². The lowest BCUT2D eigenvalue weighted by Crippen LogP contribution is -2.45. The lowest BCUT2D eigenvalue weighted by Gasteiger charge is -2.31. The minimum absolute atomic E-state index is 0.0406. The molecule has 0 bridgehead atoms. The fourth-order valence-electron chi connectivity index (χ4n) is 4.08. The zero-order valence-electron chi connectivity index (χ0n) is 18.8. The quantitative estimate of drug-likeness (QED) is 0.334. The first-order chi connectivity index (χ1) is 16.8. The summed E-state index contributed by atoms with van der Waals surface area (Å²) in [6, 6.07) is 20.5. The molecular formula is C25H24ClN3O5S. The largest absolute Gasteiger partial charge is 0.337 e. The fraction of sp³-hybridized carbons (Fsp3) is 0.240. The lowest BCUT2D eigenvalue weighted by atomic mass is 10.00. The molecule has 0 radical (unpaired) electrons. The van der Waals surface area contributed by atoms with E-state index in [1.807, 2.05) is 54.6 Å². The maximum Gasteiger partial charge on any atom is 0.289 e. The van der Waals surface area contributed by atoms with Gasteiger partial charge in [-0.15, -0.1) is 0 Å². The van der Waals surface area contributed by atoms with Crippen molar-refractivity contribution in [2.24, 2.45) is 0 Å². The van der Waals surface area contributed by atoms with Crippen LogP contribution in [0.4, 0.5) is 5.69 Å². The summed E-state index contributed by atoms with van der Waals surface area (Å²) in [5.74, 6) is -0.320. The molecule has 0 saturated heterocycles. The third kappa shape index (κ3) is 5.70. The molecule has 8 nitrogen and oxygen atoms in total. The van der Waals surface area contributed by atoms with E-state index in [0.29, 0.717) is 25.9 Å². The molecule has 1 heterocycles. The van der Waals surface area contributed by atoms with Crippen LogP contribution in [0.2, 0.25) is 5.02 Å². The SMILES string of the molecule is O=C(CN(CCc1ccccc1)S(=O)(=O)c1ccc(Cl)c([N+](=O)[O-])c1)N1CCc2ccccc2C1. The first-order valence-electron chi connectivity index (χ1n) is 11.1. The molecule has 0 atom stereocenters. The van der Waals surface area contributed by atoms with Crippen LogP contribution in [-0.2, 0) is 34.2 Å². The highest BCUT2D eigenvalue weighted by atomic mass is 35.5. The van der Waals surface area contributed by atoms with Crippen molar-refractivity contribution in [1.82, 2.24) is 9.21 Å². The Balaban J connectivity index is 1.60. The van der Waals surface area contributed by atoms with Crippen molar-refractivity contribution in [3.63, 3.8) is 0 Å². The Morgan fingerprint density at radius 2 is 1.71 bits per heavy atom. The predicted molar refractivity (Wildman–Crippen MR) is 133 cm³/mol. The van der Waals surface area contributed by atoms with E-state index in [2.05, 4.69) is 0 Å². The second kappa shape index (κ2) is 10.6. The van der Waals surface area contributed by atoms with Crippen LogP contribution in [0.5, 0.6) is 0 Å². The first kappa shape index (κ1) is 24.8. The molecule has 0 unspecified atom stereocenters. The lowest BCUT2D eigenvalue weighted by molar-refractivity contribution is -0.384. The van der Waals surface area contributed by atoms with Crippen molar-refractivity contribution < 1.29 is 18.1 Å². The zero-order chi connectivity index (χ0) is 25.0. The summed E-state index contributed by atoms with van der Waals surface area (Å²) in [4.78, 5) is 25.2. The van der Waals surface area contributed by atoms with E-state index in [1.165, 1.54) is 17.7 Å². The predicted octanol–water partition coefficient (Wildman–Crippen LogP) is 4.07. The van der Waals surface area contributed by atoms with Crippen LogP contribution in [0, 0.1) is 10.1 Å². The summed E-state index contributed by atoms with van der Waals surface area (Å²) < 4.78 is 28.2. The van der Waals surface area contributed by atoms with Crippen molar-refractivity contribution in [3.8, 4) is 0 Å². The van der Waals surface area contributed by atoms with Gasteiger partial charge in [0.15, 0.2) is 0 Å². The number of nitro benzene ring substituents is 1. The Morgan fingerprint density at radius 3 is 2.43 bits per heavy atom. The Bertz CT molecular complexity index is 1350. The van der Waals surface area contributed by atoms with Gasteiger partial charge in [-0.25, -0.2) is 8.42 Å². The molecule has 182 valence electrons. The van der Waals surface area contributed by atoms with E-state index in [9.17, 15) is 23.3 Å². The van der Waals surface area contributed by atoms with Gasteiger partial charge in [0.1, 0.15) is 5.02 Å². The van der Waals surface area contributed by atoms with Gasteiger partial charge in [0, 0.05) is 25.7 Å². The van der Waals surface area contributed by atoms with E-state index in [1.54, 1.807) is 4.90 Å². The van der Waals surface area contributed by atoms with Crippen LogP contribution < -0.4 is 0 Å². The van der Waals surface area contributed by atoms with Crippen molar-refractivity contribution in [2.45, 2.75) is 24.3 Å².